The molecule has 0 radical (unpaired) electrons. The number of rotatable bonds is 8. The Balaban J connectivity index is 1.47. The van der Waals surface area contributed by atoms with Crippen LogP contribution in [-0.2, 0) is 6.61 Å². The molecule has 0 atom stereocenters. The summed E-state index contributed by atoms with van der Waals surface area (Å²) in [6.45, 7) is 1.81. The molecule has 184 valence electrons. The molecule has 0 fully saturated rings. The number of hydrogen-bond donors (Lipinski definition) is 1. The number of aryl methyl sites for hydroxylation is 1. The molecule has 0 saturated carbocycles. The fourth-order valence-corrected chi connectivity index (χ4v) is 3.60. The Morgan fingerprint density at radius 3 is 2.50 bits per heavy atom. The van der Waals surface area contributed by atoms with Crippen molar-refractivity contribution in [3.05, 3.63) is 109 Å². The van der Waals surface area contributed by atoms with Gasteiger partial charge in [0.25, 0.3) is 11.6 Å². The van der Waals surface area contributed by atoms with Crippen molar-refractivity contribution in [2.45, 2.75) is 13.5 Å². The van der Waals surface area contributed by atoms with Crippen molar-refractivity contribution in [3.63, 3.8) is 0 Å². The van der Waals surface area contributed by atoms with E-state index in [-0.39, 0.29) is 29.5 Å². The Hall–Kier alpha value is -3.72. The molecule has 8 nitrogen and oxygen atoms in total. The highest BCUT2D eigenvalue weighted by Gasteiger charge is 2.17. The van der Waals surface area contributed by atoms with Gasteiger partial charge in [-0.15, -0.1) is 0 Å². The number of benzene rings is 3. The summed E-state index contributed by atoms with van der Waals surface area (Å²) in [6.07, 6.45) is 0. The lowest BCUT2D eigenvalue weighted by molar-refractivity contribution is -0.384. The predicted octanol–water partition coefficient (Wildman–Crippen LogP) is 8.08. The van der Waals surface area contributed by atoms with E-state index in [1.165, 1.54) is 24.3 Å². The number of nitro groups is 1. The predicted molar refractivity (Wildman–Crippen MR) is 137 cm³/mol. The minimum atomic E-state index is -0.615. The van der Waals surface area contributed by atoms with Crippen LogP contribution in [0.1, 0.15) is 21.9 Å². The van der Waals surface area contributed by atoms with Gasteiger partial charge in [-0.2, -0.15) is 0 Å². The third kappa shape index (κ3) is 6.28. The van der Waals surface area contributed by atoms with Gasteiger partial charge in [-0.25, -0.2) is 0 Å². The van der Waals surface area contributed by atoms with E-state index in [4.69, 9.17) is 48.7 Å². The molecule has 0 spiro atoms. The summed E-state index contributed by atoms with van der Waals surface area (Å²) >= 11 is 18.1. The zero-order chi connectivity index (χ0) is 25.8. The molecule has 0 saturated heterocycles. The molecule has 1 heterocycles. The maximum absolute atomic E-state index is 12.7. The Bertz CT molecular complexity index is 1450. The molecule has 0 aliphatic heterocycles. The third-order valence-electron chi connectivity index (χ3n) is 4.87. The van der Waals surface area contributed by atoms with Crippen molar-refractivity contribution in [2.24, 2.45) is 0 Å². The van der Waals surface area contributed by atoms with E-state index < -0.39 is 10.8 Å². The van der Waals surface area contributed by atoms with E-state index in [1.807, 2.05) is 0 Å². The van der Waals surface area contributed by atoms with E-state index in [1.54, 1.807) is 49.4 Å². The summed E-state index contributed by atoms with van der Waals surface area (Å²) in [6, 6.07) is 16.7. The quantitative estimate of drug-likeness (QED) is 0.177. The molecule has 4 rings (SSSR count). The molecule has 0 aliphatic carbocycles. The highest BCUT2D eigenvalue weighted by molar-refractivity contribution is 6.34. The number of ether oxygens (including phenoxy) is 2. The van der Waals surface area contributed by atoms with E-state index >= 15 is 0 Å². The SMILES string of the molecule is Cc1cc(Oc2cc(NC(=O)c3ccc(COc4cc(Cl)ccc4Cl)o3)cc([N+](=O)[O-])c2)ccc1Cl. The number of non-ortho nitro benzene ring substituents is 1. The maximum Gasteiger partial charge on any atom is 0.291 e. The fraction of sp³-hybridized carbons (Fsp3) is 0.0800. The van der Waals surface area contributed by atoms with Crippen LogP contribution in [-0.4, -0.2) is 10.8 Å². The molecule has 1 amide bonds. The lowest BCUT2D eigenvalue weighted by Gasteiger charge is -2.10. The van der Waals surface area contributed by atoms with Crippen LogP contribution in [0.25, 0.3) is 0 Å². The molecule has 1 aromatic heterocycles. The van der Waals surface area contributed by atoms with Gasteiger partial charge in [-0.1, -0.05) is 34.8 Å². The second kappa shape index (κ2) is 10.9. The minimum absolute atomic E-state index is 0.00263. The van der Waals surface area contributed by atoms with Crippen molar-refractivity contribution in [1.82, 2.24) is 0 Å². The molecular formula is C25H17Cl3N2O6. The monoisotopic (exact) mass is 546 g/mol. The number of furan rings is 1. The summed E-state index contributed by atoms with van der Waals surface area (Å²) in [5.41, 5.74) is 0.665. The van der Waals surface area contributed by atoms with Crippen LogP contribution >= 0.6 is 34.8 Å². The van der Waals surface area contributed by atoms with Crippen molar-refractivity contribution in [1.29, 1.82) is 0 Å². The minimum Gasteiger partial charge on any atom is -0.484 e. The van der Waals surface area contributed by atoms with Crippen molar-refractivity contribution >= 4 is 52.1 Å². The lowest BCUT2D eigenvalue weighted by Crippen LogP contribution is -2.11. The first kappa shape index (κ1) is 25.4. The zero-order valence-corrected chi connectivity index (χ0v) is 20.9. The average molecular weight is 548 g/mol. The van der Waals surface area contributed by atoms with Gasteiger partial charge in [0.2, 0.25) is 0 Å². The third-order valence-corrected chi connectivity index (χ3v) is 5.85. The smallest absolute Gasteiger partial charge is 0.291 e. The number of halogens is 3. The number of nitro benzene ring substituents is 1. The number of anilines is 1. The molecule has 0 bridgehead atoms. The molecular weight excluding hydrogens is 531 g/mol. The van der Waals surface area contributed by atoms with Crippen LogP contribution in [0.4, 0.5) is 11.4 Å². The Morgan fingerprint density at radius 1 is 0.972 bits per heavy atom. The molecule has 11 heteroatoms. The first-order valence-electron chi connectivity index (χ1n) is 10.4. The molecule has 4 aromatic rings. The molecule has 1 N–H and O–H groups in total. The van der Waals surface area contributed by atoms with E-state index in [0.717, 1.165) is 5.56 Å². The lowest BCUT2D eigenvalue weighted by atomic mass is 10.2. The second-order valence-corrected chi connectivity index (χ2v) is 8.82. The average Bonchev–Trinajstić information content (AvgIpc) is 3.31. The van der Waals surface area contributed by atoms with Crippen molar-refractivity contribution in [3.8, 4) is 17.2 Å². The van der Waals surface area contributed by atoms with Gasteiger partial charge in [0.15, 0.2) is 5.76 Å². The number of nitrogens with one attached hydrogen (secondary N) is 1. The number of carbonyl (C=O) groups excluding carboxylic acids is 1. The van der Waals surface area contributed by atoms with Gasteiger partial charge in [0, 0.05) is 28.2 Å². The molecule has 3 aromatic carbocycles. The largest absolute Gasteiger partial charge is 0.484 e. The topological polar surface area (TPSA) is 104 Å². The Morgan fingerprint density at radius 2 is 1.75 bits per heavy atom. The van der Waals surface area contributed by atoms with E-state index in [9.17, 15) is 14.9 Å². The van der Waals surface area contributed by atoms with Crippen molar-refractivity contribution in [2.75, 3.05) is 5.32 Å². The summed E-state index contributed by atoms with van der Waals surface area (Å²) < 4.78 is 16.9. The molecule has 36 heavy (non-hydrogen) atoms. The van der Waals surface area contributed by atoms with Crippen LogP contribution in [0.3, 0.4) is 0 Å². The summed E-state index contributed by atoms with van der Waals surface area (Å²) in [5.74, 6) is 0.686. The van der Waals surface area contributed by atoms with E-state index in [2.05, 4.69) is 5.32 Å². The highest BCUT2D eigenvalue weighted by atomic mass is 35.5. The van der Waals surface area contributed by atoms with Crippen LogP contribution < -0.4 is 14.8 Å². The van der Waals surface area contributed by atoms with Gasteiger partial charge in [-0.05, 0) is 55.0 Å². The number of hydrogen-bond acceptors (Lipinski definition) is 6. The summed E-state index contributed by atoms with van der Waals surface area (Å²) in [7, 11) is 0. The van der Waals surface area contributed by atoms with Crippen LogP contribution in [0, 0.1) is 17.0 Å². The van der Waals surface area contributed by atoms with Gasteiger partial charge in [0.05, 0.1) is 21.7 Å². The first-order valence-corrected chi connectivity index (χ1v) is 11.5. The normalized spacial score (nSPS) is 10.7. The van der Waals surface area contributed by atoms with Crippen LogP contribution in [0.2, 0.25) is 15.1 Å². The fourth-order valence-electron chi connectivity index (χ4n) is 3.14. The van der Waals surface area contributed by atoms with Crippen molar-refractivity contribution < 1.29 is 23.6 Å². The van der Waals surface area contributed by atoms with Crippen LogP contribution in [0.15, 0.2) is 71.1 Å². The van der Waals surface area contributed by atoms with Gasteiger partial charge in [-0.3, -0.25) is 14.9 Å². The molecule has 0 aliphatic rings. The van der Waals surface area contributed by atoms with Gasteiger partial charge >= 0.3 is 0 Å². The van der Waals surface area contributed by atoms with Gasteiger partial charge in [0.1, 0.15) is 29.6 Å². The summed E-state index contributed by atoms with van der Waals surface area (Å²) in [4.78, 5) is 23.6. The first-order chi connectivity index (χ1) is 17.2. The Kier molecular flexibility index (Phi) is 7.69. The van der Waals surface area contributed by atoms with Gasteiger partial charge < -0.3 is 19.2 Å². The highest BCUT2D eigenvalue weighted by Crippen LogP contribution is 2.32. The maximum atomic E-state index is 12.7. The Labute approximate surface area is 220 Å². The standard InChI is InChI=1S/C25H17Cl3N2O6/c1-14-8-18(3-6-21(14)27)35-20-11-16(10-17(12-20)30(32)33)29-25(31)23-7-4-19(36-23)13-34-24-9-15(26)2-5-22(24)28/h2-12H,13H2,1H3,(H,29,31). The molecule has 0 unspecified atom stereocenters. The van der Waals surface area contributed by atoms with Crippen LogP contribution in [0.5, 0.6) is 17.2 Å². The second-order valence-electron chi connectivity index (χ2n) is 7.57. The van der Waals surface area contributed by atoms with E-state index in [0.29, 0.717) is 32.3 Å². The number of carbonyl (C=O) groups is 1. The zero-order valence-electron chi connectivity index (χ0n) is 18.6. The summed E-state index contributed by atoms with van der Waals surface area (Å²) in [5, 5.41) is 15.4. The number of nitrogens with zero attached hydrogens (tertiary/aromatic N) is 1. The number of amides is 1.